The van der Waals surface area contributed by atoms with Crippen LogP contribution in [0.25, 0.3) is 10.8 Å². The molecule has 3 heteroatoms. The Hall–Kier alpha value is -1.89. The number of rotatable bonds is 5. The average molecular weight is 256 g/mol. The molecule has 0 aliphatic carbocycles. The molecule has 0 heterocycles. The molecule has 1 unspecified atom stereocenters. The Morgan fingerprint density at radius 1 is 1.21 bits per heavy atom. The van der Waals surface area contributed by atoms with Crippen LogP contribution in [0, 0.1) is 18.2 Å². The summed E-state index contributed by atoms with van der Waals surface area (Å²) in [6.07, 6.45) is 7.69. The summed E-state index contributed by atoms with van der Waals surface area (Å²) in [7, 11) is 0. The second-order valence-corrected chi connectivity index (χ2v) is 4.50. The van der Waals surface area contributed by atoms with Crippen LogP contribution in [0.3, 0.4) is 0 Å². The van der Waals surface area contributed by atoms with E-state index in [4.69, 9.17) is 12.3 Å². The van der Waals surface area contributed by atoms with Crippen molar-refractivity contribution in [3.05, 3.63) is 47.8 Å². The van der Waals surface area contributed by atoms with Crippen LogP contribution in [0.5, 0.6) is 0 Å². The van der Waals surface area contributed by atoms with E-state index in [1.807, 2.05) is 18.2 Å². The first-order valence-electron chi connectivity index (χ1n) is 6.34. The number of hydrogen-bond acceptors (Lipinski definition) is 2. The van der Waals surface area contributed by atoms with Gasteiger partial charge >= 0.3 is 0 Å². The van der Waals surface area contributed by atoms with E-state index in [2.05, 4.69) is 11.3 Å². The maximum atomic E-state index is 13.8. The fraction of sp³-hybridized carbons (Fsp3) is 0.250. The number of halogens is 1. The third kappa shape index (κ3) is 2.93. The van der Waals surface area contributed by atoms with Crippen molar-refractivity contribution in [2.24, 2.45) is 5.84 Å². The summed E-state index contributed by atoms with van der Waals surface area (Å²) in [4.78, 5) is 0. The highest BCUT2D eigenvalue weighted by Gasteiger charge is 2.14. The second kappa shape index (κ2) is 6.33. The highest BCUT2D eigenvalue weighted by atomic mass is 19.1. The average Bonchev–Trinajstić information content (AvgIpc) is 2.45. The number of nitrogens with one attached hydrogen (secondary N) is 1. The molecule has 1 atom stereocenters. The second-order valence-electron chi connectivity index (χ2n) is 4.50. The molecule has 2 aromatic rings. The van der Waals surface area contributed by atoms with Gasteiger partial charge in [0.2, 0.25) is 0 Å². The van der Waals surface area contributed by atoms with E-state index in [9.17, 15) is 4.39 Å². The Balaban J connectivity index is 2.38. The monoisotopic (exact) mass is 256 g/mol. The molecule has 19 heavy (non-hydrogen) atoms. The summed E-state index contributed by atoms with van der Waals surface area (Å²) < 4.78 is 13.8. The van der Waals surface area contributed by atoms with E-state index < -0.39 is 0 Å². The van der Waals surface area contributed by atoms with Crippen LogP contribution in [0.1, 0.15) is 30.9 Å². The lowest BCUT2D eigenvalue weighted by atomic mass is 9.95. The third-order valence-corrected chi connectivity index (χ3v) is 3.30. The van der Waals surface area contributed by atoms with Crippen molar-refractivity contribution in [2.45, 2.75) is 25.3 Å². The molecule has 3 N–H and O–H groups in total. The maximum absolute atomic E-state index is 13.8. The van der Waals surface area contributed by atoms with Crippen molar-refractivity contribution in [3.63, 3.8) is 0 Å². The summed E-state index contributed by atoms with van der Waals surface area (Å²) in [5.41, 5.74) is 3.81. The van der Waals surface area contributed by atoms with Gasteiger partial charge in [0.05, 0.1) is 0 Å². The Morgan fingerprint density at radius 2 is 1.95 bits per heavy atom. The smallest absolute Gasteiger partial charge is 0.131 e. The molecule has 2 nitrogen and oxygen atoms in total. The zero-order valence-corrected chi connectivity index (χ0v) is 10.7. The van der Waals surface area contributed by atoms with E-state index in [0.717, 1.165) is 30.2 Å². The van der Waals surface area contributed by atoms with Gasteiger partial charge in [-0.1, -0.05) is 30.3 Å². The van der Waals surface area contributed by atoms with Gasteiger partial charge in [-0.2, -0.15) is 0 Å². The van der Waals surface area contributed by atoms with Crippen molar-refractivity contribution in [2.75, 3.05) is 0 Å². The first-order chi connectivity index (χ1) is 9.27. The zero-order chi connectivity index (χ0) is 13.7. The van der Waals surface area contributed by atoms with Crippen molar-refractivity contribution in [1.29, 1.82) is 0 Å². The van der Waals surface area contributed by atoms with Gasteiger partial charge in [-0.15, -0.1) is 12.3 Å². The molecule has 0 aromatic heterocycles. The number of unbranched alkanes of at least 4 members (excludes halogenated alkanes) is 1. The van der Waals surface area contributed by atoms with Crippen LogP contribution >= 0.6 is 0 Å². The predicted molar refractivity (Wildman–Crippen MR) is 76.7 cm³/mol. The molecule has 2 aromatic carbocycles. The lowest BCUT2D eigenvalue weighted by Gasteiger charge is -2.18. The largest absolute Gasteiger partial charge is 0.271 e. The molecule has 0 spiro atoms. The zero-order valence-electron chi connectivity index (χ0n) is 10.7. The van der Waals surface area contributed by atoms with E-state index >= 15 is 0 Å². The molecule has 2 rings (SSSR count). The Bertz CT molecular complexity index is 601. The lowest BCUT2D eigenvalue weighted by molar-refractivity contribution is 0.505. The van der Waals surface area contributed by atoms with E-state index in [1.54, 1.807) is 12.1 Å². The van der Waals surface area contributed by atoms with Crippen LogP contribution in [-0.4, -0.2) is 0 Å². The van der Waals surface area contributed by atoms with Gasteiger partial charge in [0.25, 0.3) is 0 Å². The van der Waals surface area contributed by atoms with E-state index in [0.29, 0.717) is 5.39 Å². The minimum absolute atomic E-state index is 0.0150. The fourth-order valence-electron chi connectivity index (χ4n) is 2.33. The molecule has 0 fully saturated rings. The van der Waals surface area contributed by atoms with Gasteiger partial charge in [0, 0.05) is 17.8 Å². The van der Waals surface area contributed by atoms with Crippen LogP contribution in [0.2, 0.25) is 0 Å². The molecular formula is C16H17FN2. The van der Waals surface area contributed by atoms with Gasteiger partial charge in [-0.3, -0.25) is 11.3 Å². The van der Waals surface area contributed by atoms with Crippen LogP contribution in [-0.2, 0) is 0 Å². The van der Waals surface area contributed by atoms with Gasteiger partial charge in [-0.05, 0) is 29.9 Å². The molecule has 0 radical (unpaired) electrons. The summed E-state index contributed by atoms with van der Waals surface area (Å²) >= 11 is 0. The van der Waals surface area contributed by atoms with Crippen LogP contribution < -0.4 is 11.3 Å². The number of terminal acetylenes is 1. The molecular weight excluding hydrogens is 239 g/mol. The molecule has 0 bridgehead atoms. The lowest BCUT2D eigenvalue weighted by Crippen LogP contribution is -2.28. The van der Waals surface area contributed by atoms with Crippen molar-refractivity contribution < 1.29 is 4.39 Å². The van der Waals surface area contributed by atoms with E-state index in [1.165, 1.54) is 6.07 Å². The summed E-state index contributed by atoms with van der Waals surface area (Å²) in [6, 6.07) is 10.7. The minimum Gasteiger partial charge on any atom is -0.271 e. The topological polar surface area (TPSA) is 38.0 Å². The summed E-state index contributed by atoms with van der Waals surface area (Å²) in [5, 5.41) is 1.52. The number of hydrogen-bond donors (Lipinski definition) is 2. The number of nitrogens with two attached hydrogens (primary N) is 1. The molecule has 0 aliphatic rings. The highest BCUT2D eigenvalue weighted by Crippen LogP contribution is 2.28. The first kappa shape index (κ1) is 13.5. The fourth-order valence-corrected chi connectivity index (χ4v) is 2.33. The van der Waals surface area contributed by atoms with Crippen LogP contribution in [0.15, 0.2) is 36.4 Å². The van der Waals surface area contributed by atoms with Crippen LogP contribution in [0.4, 0.5) is 4.39 Å². The SMILES string of the molecule is C#CCCCC(NN)c1ccc(F)c2ccccc12. The third-order valence-electron chi connectivity index (χ3n) is 3.30. The number of hydrazine groups is 1. The first-order valence-corrected chi connectivity index (χ1v) is 6.34. The predicted octanol–water partition coefficient (Wildman–Crippen LogP) is 3.29. The van der Waals surface area contributed by atoms with Gasteiger partial charge < -0.3 is 0 Å². The Labute approximate surface area is 112 Å². The highest BCUT2D eigenvalue weighted by molar-refractivity contribution is 5.86. The van der Waals surface area contributed by atoms with E-state index in [-0.39, 0.29) is 11.9 Å². The molecule has 98 valence electrons. The Morgan fingerprint density at radius 3 is 2.63 bits per heavy atom. The van der Waals surface area contributed by atoms with Crippen molar-refractivity contribution >= 4 is 10.8 Å². The molecule has 0 aliphatic heterocycles. The summed E-state index contributed by atoms with van der Waals surface area (Å²) in [6.45, 7) is 0. The van der Waals surface area contributed by atoms with Crippen molar-refractivity contribution in [3.8, 4) is 12.3 Å². The molecule has 0 saturated carbocycles. The minimum atomic E-state index is -0.209. The standard InChI is InChI=1S/C16H17FN2/c1-2-3-4-9-16(19-18)14-10-11-15(17)13-8-6-5-7-12(13)14/h1,5-8,10-11,16,19H,3-4,9,18H2. The van der Waals surface area contributed by atoms with Gasteiger partial charge in [0.15, 0.2) is 0 Å². The van der Waals surface area contributed by atoms with Gasteiger partial charge in [0.1, 0.15) is 5.82 Å². The summed E-state index contributed by atoms with van der Waals surface area (Å²) in [5.74, 6) is 8.03. The molecule has 0 amide bonds. The normalized spacial score (nSPS) is 12.3. The number of benzene rings is 2. The Kier molecular flexibility index (Phi) is 4.51. The molecule has 0 saturated heterocycles. The van der Waals surface area contributed by atoms with Gasteiger partial charge in [-0.25, -0.2) is 4.39 Å². The van der Waals surface area contributed by atoms with Crippen molar-refractivity contribution in [1.82, 2.24) is 5.43 Å². The maximum Gasteiger partial charge on any atom is 0.131 e. The number of fused-ring (bicyclic) bond motifs is 1. The quantitative estimate of drug-likeness (QED) is 0.373.